The van der Waals surface area contributed by atoms with Crippen LogP contribution in [0.4, 0.5) is 5.69 Å². The molecule has 0 aliphatic rings. The van der Waals surface area contributed by atoms with E-state index in [1.165, 1.54) is 75.6 Å². The van der Waals surface area contributed by atoms with Crippen LogP contribution in [0.3, 0.4) is 0 Å². The first-order valence-corrected chi connectivity index (χ1v) is 15.7. The molecule has 1 heterocycles. The quantitative estimate of drug-likeness (QED) is 0.142. The number of aromatic nitrogens is 1. The van der Waals surface area contributed by atoms with Crippen molar-refractivity contribution >= 4 is 22.9 Å². The SMILES string of the molecule is CCCCCCCCCCCCCCOc1ccccc1CC(=O)Nc1ccc(-c2scc[n+]2CC)cc1.[Cl-]. The van der Waals surface area contributed by atoms with Gasteiger partial charge in [0.05, 0.1) is 24.0 Å². The van der Waals surface area contributed by atoms with Crippen LogP contribution in [-0.4, -0.2) is 12.5 Å². The van der Waals surface area contributed by atoms with Crippen LogP contribution in [0.25, 0.3) is 10.6 Å². The lowest BCUT2D eigenvalue weighted by molar-refractivity contribution is -0.678. The zero-order valence-electron chi connectivity index (χ0n) is 23.9. The van der Waals surface area contributed by atoms with Crippen LogP contribution in [0.2, 0.25) is 0 Å². The lowest BCUT2D eigenvalue weighted by atomic mass is 10.1. The first-order chi connectivity index (χ1) is 18.7. The Morgan fingerprint density at radius 2 is 1.44 bits per heavy atom. The summed E-state index contributed by atoms with van der Waals surface area (Å²) >= 11 is 1.73. The molecular formula is C33H47ClN2O2S. The van der Waals surface area contributed by atoms with Gasteiger partial charge in [-0.25, -0.2) is 0 Å². The van der Waals surface area contributed by atoms with Crippen molar-refractivity contribution in [1.82, 2.24) is 0 Å². The summed E-state index contributed by atoms with van der Waals surface area (Å²) in [4.78, 5) is 12.8. The minimum absolute atomic E-state index is 0. The van der Waals surface area contributed by atoms with E-state index in [4.69, 9.17) is 4.74 Å². The molecule has 6 heteroatoms. The van der Waals surface area contributed by atoms with Gasteiger partial charge in [-0.15, -0.1) is 0 Å². The van der Waals surface area contributed by atoms with Gasteiger partial charge in [-0.2, -0.15) is 4.57 Å². The number of nitrogens with one attached hydrogen (secondary N) is 1. The number of hydrogen-bond acceptors (Lipinski definition) is 3. The highest BCUT2D eigenvalue weighted by molar-refractivity contribution is 7.12. The summed E-state index contributed by atoms with van der Waals surface area (Å²) in [5, 5.41) is 6.37. The highest BCUT2D eigenvalue weighted by atomic mass is 35.5. The van der Waals surface area contributed by atoms with E-state index in [2.05, 4.69) is 47.4 Å². The molecule has 39 heavy (non-hydrogen) atoms. The molecule has 3 aromatic rings. The summed E-state index contributed by atoms with van der Waals surface area (Å²) in [6.07, 6.45) is 18.4. The Kier molecular flexibility index (Phi) is 16.5. The molecule has 0 aliphatic carbocycles. The number of nitrogens with zero attached hydrogens (tertiary/aromatic N) is 1. The van der Waals surface area contributed by atoms with Crippen molar-refractivity contribution in [3.63, 3.8) is 0 Å². The number of carbonyl (C=O) groups is 1. The average Bonchev–Trinajstić information content (AvgIpc) is 3.41. The van der Waals surface area contributed by atoms with Crippen molar-refractivity contribution in [2.24, 2.45) is 0 Å². The van der Waals surface area contributed by atoms with Crippen LogP contribution in [0.5, 0.6) is 5.75 Å². The smallest absolute Gasteiger partial charge is 0.268 e. The van der Waals surface area contributed by atoms with E-state index < -0.39 is 0 Å². The molecule has 2 aromatic carbocycles. The highest BCUT2D eigenvalue weighted by Crippen LogP contribution is 2.23. The minimum atomic E-state index is -0.0288. The number of rotatable bonds is 19. The molecule has 1 N–H and O–H groups in total. The van der Waals surface area contributed by atoms with Crippen molar-refractivity contribution in [3.8, 4) is 16.3 Å². The van der Waals surface area contributed by atoms with Crippen molar-refractivity contribution < 1.29 is 26.5 Å². The predicted molar refractivity (Wildman–Crippen MR) is 161 cm³/mol. The molecule has 0 spiro atoms. The Labute approximate surface area is 246 Å². The number of benzene rings is 2. The second-order valence-electron chi connectivity index (χ2n) is 10.1. The van der Waals surface area contributed by atoms with E-state index >= 15 is 0 Å². The molecule has 0 fully saturated rings. The number of carbonyl (C=O) groups excluding carboxylic acids is 1. The third-order valence-electron chi connectivity index (χ3n) is 7.02. The maximum absolute atomic E-state index is 12.8. The van der Waals surface area contributed by atoms with Gasteiger partial charge < -0.3 is 22.5 Å². The van der Waals surface area contributed by atoms with Gasteiger partial charge in [0.1, 0.15) is 12.3 Å². The van der Waals surface area contributed by atoms with Crippen LogP contribution < -0.4 is 27.0 Å². The zero-order valence-corrected chi connectivity index (χ0v) is 25.5. The number of anilines is 1. The molecule has 0 atom stereocenters. The van der Waals surface area contributed by atoms with Crippen LogP contribution in [0, 0.1) is 0 Å². The topological polar surface area (TPSA) is 42.2 Å². The lowest BCUT2D eigenvalue weighted by Crippen LogP contribution is -3.00. The zero-order chi connectivity index (χ0) is 26.8. The van der Waals surface area contributed by atoms with Gasteiger partial charge in [-0.1, -0.05) is 107 Å². The maximum atomic E-state index is 12.8. The Morgan fingerprint density at radius 3 is 2.08 bits per heavy atom. The number of thiazole rings is 1. The molecule has 0 bridgehead atoms. The fourth-order valence-electron chi connectivity index (χ4n) is 4.78. The Bertz CT molecular complexity index is 1070. The summed E-state index contributed by atoms with van der Waals surface area (Å²) < 4.78 is 8.31. The fraction of sp³-hybridized carbons (Fsp3) is 0.515. The van der Waals surface area contributed by atoms with Crippen LogP contribution in [0.1, 0.15) is 96.5 Å². The molecule has 1 amide bonds. The normalized spacial score (nSPS) is 10.7. The number of aryl methyl sites for hydroxylation is 1. The van der Waals surface area contributed by atoms with E-state index in [-0.39, 0.29) is 18.3 Å². The van der Waals surface area contributed by atoms with Gasteiger partial charge in [0, 0.05) is 11.3 Å². The summed E-state index contributed by atoms with van der Waals surface area (Å²) in [5.41, 5.74) is 2.91. The van der Waals surface area contributed by atoms with Crippen molar-refractivity contribution in [2.45, 2.75) is 104 Å². The lowest BCUT2D eigenvalue weighted by Gasteiger charge is -2.12. The number of para-hydroxylation sites is 1. The summed E-state index contributed by atoms with van der Waals surface area (Å²) in [6.45, 7) is 6.07. The van der Waals surface area contributed by atoms with E-state index in [9.17, 15) is 4.79 Å². The molecule has 3 rings (SSSR count). The Hall–Kier alpha value is -2.37. The van der Waals surface area contributed by atoms with Crippen LogP contribution in [-0.2, 0) is 17.8 Å². The molecule has 4 nitrogen and oxygen atoms in total. The fourth-order valence-corrected chi connectivity index (χ4v) is 5.71. The number of unbranched alkanes of at least 4 members (excludes halogenated alkanes) is 11. The number of halogens is 1. The molecule has 1 aromatic heterocycles. The Morgan fingerprint density at radius 1 is 0.821 bits per heavy atom. The average molecular weight is 571 g/mol. The standard InChI is InChI=1S/C33H46N2O2S.ClH/c1-3-5-6-7-8-9-10-11-12-13-14-17-25-37-31-19-16-15-18-29(31)27-32(36)34-30-22-20-28(21-23-30)33-35(4-2)24-26-38-33;/h15-16,18-24,26H,3-14,17,25,27H2,1-2H3;1H. The van der Waals surface area contributed by atoms with Gasteiger partial charge in [0.15, 0.2) is 6.20 Å². The summed E-state index contributed by atoms with van der Waals surface area (Å²) in [6, 6.07) is 16.0. The number of hydrogen-bond donors (Lipinski definition) is 1. The van der Waals surface area contributed by atoms with E-state index in [0.29, 0.717) is 13.0 Å². The maximum Gasteiger partial charge on any atom is 0.268 e. The van der Waals surface area contributed by atoms with Gasteiger partial charge in [0.2, 0.25) is 5.91 Å². The van der Waals surface area contributed by atoms with Gasteiger partial charge in [-0.05, 0) is 43.7 Å². The number of amides is 1. The van der Waals surface area contributed by atoms with Gasteiger partial charge in [-0.3, -0.25) is 4.79 Å². The molecule has 214 valence electrons. The molecule has 0 unspecified atom stereocenters. The molecule has 0 saturated carbocycles. The molecule has 0 radical (unpaired) electrons. The second kappa shape index (κ2) is 19.7. The monoisotopic (exact) mass is 570 g/mol. The first kappa shape index (κ1) is 32.8. The largest absolute Gasteiger partial charge is 1.00 e. The first-order valence-electron chi connectivity index (χ1n) is 14.8. The number of ether oxygens (including phenoxy) is 1. The van der Waals surface area contributed by atoms with Crippen LogP contribution in [0.15, 0.2) is 60.1 Å². The third kappa shape index (κ3) is 12.1. The third-order valence-corrected chi connectivity index (χ3v) is 7.97. The van der Waals surface area contributed by atoms with E-state index in [1.807, 2.05) is 36.4 Å². The minimum Gasteiger partial charge on any atom is -1.00 e. The highest BCUT2D eigenvalue weighted by Gasteiger charge is 2.14. The van der Waals surface area contributed by atoms with Crippen LogP contribution >= 0.6 is 11.3 Å². The summed E-state index contributed by atoms with van der Waals surface area (Å²) in [7, 11) is 0. The molecule has 0 aliphatic heterocycles. The van der Waals surface area contributed by atoms with Gasteiger partial charge in [0.25, 0.3) is 5.01 Å². The van der Waals surface area contributed by atoms with Gasteiger partial charge >= 0.3 is 0 Å². The Balaban J connectivity index is 0.00000533. The van der Waals surface area contributed by atoms with Crippen molar-refractivity contribution in [3.05, 3.63) is 65.7 Å². The second-order valence-corrected chi connectivity index (χ2v) is 11.0. The van der Waals surface area contributed by atoms with Crippen molar-refractivity contribution in [1.29, 1.82) is 0 Å². The van der Waals surface area contributed by atoms with E-state index in [0.717, 1.165) is 35.5 Å². The molecular weight excluding hydrogens is 524 g/mol. The van der Waals surface area contributed by atoms with E-state index in [1.54, 1.807) is 11.3 Å². The summed E-state index contributed by atoms with van der Waals surface area (Å²) in [5.74, 6) is 0.793. The predicted octanol–water partition coefficient (Wildman–Crippen LogP) is 5.99. The molecule has 0 saturated heterocycles. The van der Waals surface area contributed by atoms with Crippen molar-refractivity contribution in [2.75, 3.05) is 11.9 Å².